The zero-order valence-electron chi connectivity index (χ0n) is 10.4. The molecule has 2 aromatic rings. The van der Waals surface area contributed by atoms with Gasteiger partial charge in [-0.05, 0) is 11.4 Å². The van der Waals surface area contributed by atoms with Gasteiger partial charge in [0.25, 0.3) is 15.9 Å². The highest BCUT2D eigenvalue weighted by molar-refractivity contribution is 7.94. The molecule has 0 bridgehead atoms. The van der Waals surface area contributed by atoms with Gasteiger partial charge in [-0.15, -0.1) is 11.3 Å². The SMILES string of the molecule is O=C1COc2c(cc(F)cc2NS(=O)(=O)c2cccs2)N1. The zero-order chi connectivity index (χ0) is 15.0. The maximum absolute atomic E-state index is 13.6. The van der Waals surface area contributed by atoms with Crippen molar-refractivity contribution in [3.63, 3.8) is 0 Å². The Balaban J connectivity index is 2.02. The zero-order valence-corrected chi connectivity index (χ0v) is 12.1. The molecule has 21 heavy (non-hydrogen) atoms. The summed E-state index contributed by atoms with van der Waals surface area (Å²) in [6.07, 6.45) is 0. The lowest BCUT2D eigenvalue weighted by molar-refractivity contribution is -0.118. The van der Waals surface area contributed by atoms with Crippen LogP contribution in [0.4, 0.5) is 15.8 Å². The molecular formula is C12H9FN2O4S2. The van der Waals surface area contributed by atoms with E-state index in [-0.39, 0.29) is 27.9 Å². The molecule has 0 aliphatic carbocycles. The standard InChI is InChI=1S/C12H9FN2O4S2/c13-7-4-8-12(19-6-10(16)14-8)9(5-7)15-21(17,18)11-2-1-3-20-11/h1-5,15H,6H2,(H,14,16). The first-order valence-corrected chi connectivity index (χ1v) is 8.14. The second-order valence-electron chi connectivity index (χ2n) is 4.20. The summed E-state index contributed by atoms with van der Waals surface area (Å²) in [5.41, 5.74) is 0.0357. The number of thiophene rings is 1. The van der Waals surface area contributed by atoms with Gasteiger partial charge in [-0.3, -0.25) is 9.52 Å². The van der Waals surface area contributed by atoms with Gasteiger partial charge < -0.3 is 10.1 Å². The second-order valence-corrected chi connectivity index (χ2v) is 7.06. The van der Waals surface area contributed by atoms with Crippen molar-refractivity contribution in [2.75, 3.05) is 16.6 Å². The van der Waals surface area contributed by atoms with Crippen LogP contribution in [0.5, 0.6) is 5.75 Å². The maximum atomic E-state index is 13.6. The maximum Gasteiger partial charge on any atom is 0.271 e. The largest absolute Gasteiger partial charge is 0.479 e. The smallest absolute Gasteiger partial charge is 0.271 e. The number of benzene rings is 1. The summed E-state index contributed by atoms with van der Waals surface area (Å²) in [5.74, 6) is -1.03. The van der Waals surface area contributed by atoms with Crippen LogP contribution in [0.1, 0.15) is 0 Å². The minimum absolute atomic E-state index is 0.0570. The van der Waals surface area contributed by atoms with Crippen molar-refractivity contribution in [3.8, 4) is 5.75 Å². The van der Waals surface area contributed by atoms with Crippen molar-refractivity contribution in [1.29, 1.82) is 0 Å². The van der Waals surface area contributed by atoms with Crippen LogP contribution >= 0.6 is 11.3 Å². The van der Waals surface area contributed by atoms with Crippen molar-refractivity contribution >= 4 is 38.6 Å². The molecule has 0 fully saturated rings. The van der Waals surface area contributed by atoms with E-state index in [9.17, 15) is 17.6 Å². The second kappa shape index (κ2) is 5.01. The first-order valence-electron chi connectivity index (χ1n) is 5.78. The van der Waals surface area contributed by atoms with Crippen molar-refractivity contribution in [3.05, 3.63) is 35.5 Å². The van der Waals surface area contributed by atoms with Crippen molar-refractivity contribution in [2.45, 2.75) is 4.21 Å². The Labute approximate surface area is 123 Å². The van der Waals surface area contributed by atoms with Crippen LogP contribution in [0.15, 0.2) is 33.9 Å². The summed E-state index contributed by atoms with van der Waals surface area (Å²) in [4.78, 5) is 11.2. The number of amides is 1. The van der Waals surface area contributed by atoms with Gasteiger partial charge in [0, 0.05) is 12.1 Å². The summed E-state index contributed by atoms with van der Waals surface area (Å²) in [6.45, 7) is -0.258. The molecule has 1 aromatic carbocycles. The number of halogens is 1. The lowest BCUT2D eigenvalue weighted by atomic mass is 10.2. The lowest BCUT2D eigenvalue weighted by Crippen LogP contribution is -2.26. The quantitative estimate of drug-likeness (QED) is 0.903. The third-order valence-electron chi connectivity index (χ3n) is 2.68. The fourth-order valence-electron chi connectivity index (χ4n) is 1.85. The molecule has 0 spiro atoms. The predicted molar refractivity (Wildman–Crippen MR) is 75.7 cm³/mol. The van der Waals surface area contributed by atoms with E-state index in [1.165, 1.54) is 6.07 Å². The molecule has 6 nitrogen and oxygen atoms in total. The van der Waals surface area contributed by atoms with Crippen molar-refractivity contribution in [1.82, 2.24) is 0 Å². The summed E-state index contributed by atoms with van der Waals surface area (Å²) >= 11 is 1.04. The highest BCUT2D eigenvalue weighted by Crippen LogP contribution is 2.38. The van der Waals surface area contributed by atoms with Crippen LogP contribution in [0, 0.1) is 5.82 Å². The number of anilines is 2. The summed E-state index contributed by atoms with van der Waals surface area (Å²) in [7, 11) is -3.82. The molecule has 0 radical (unpaired) electrons. The molecule has 2 heterocycles. The van der Waals surface area contributed by atoms with Gasteiger partial charge in [-0.2, -0.15) is 0 Å². The molecule has 2 N–H and O–H groups in total. The van der Waals surface area contributed by atoms with E-state index in [1.54, 1.807) is 11.4 Å². The molecular weight excluding hydrogens is 319 g/mol. The molecule has 1 amide bonds. The molecule has 1 aliphatic rings. The van der Waals surface area contributed by atoms with E-state index in [0.29, 0.717) is 0 Å². The average molecular weight is 328 g/mol. The molecule has 1 aliphatic heterocycles. The Kier molecular flexibility index (Phi) is 3.30. The van der Waals surface area contributed by atoms with E-state index >= 15 is 0 Å². The fraction of sp³-hybridized carbons (Fsp3) is 0.0833. The van der Waals surface area contributed by atoms with Crippen LogP contribution < -0.4 is 14.8 Å². The fourth-order valence-corrected chi connectivity index (χ4v) is 3.90. The van der Waals surface area contributed by atoms with E-state index < -0.39 is 21.7 Å². The van der Waals surface area contributed by atoms with Crippen molar-refractivity contribution < 1.29 is 22.3 Å². The van der Waals surface area contributed by atoms with Crippen LogP contribution in [0.25, 0.3) is 0 Å². The lowest BCUT2D eigenvalue weighted by Gasteiger charge is -2.21. The summed E-state index contributed by atoms with van der Waals surface area (Å²) in [5, 5.41) is 4.04. The minimum Gasteiger partial charge on any atom is -0.479 e. The number of rotatable bonds is 3. The number of carbonyl (C=O) groups excluding carboxylic acids is 1. The van der Waals surface area contributed by atoms with Crippen LogP contribution in [0.2, 0.25) is 0 Å². The number of ether oxygens (including phenoxy) is 1. The summed E-state index contributed by atoms with van der Waals surface area (Å²) < 4.78 is 45.4. The highest BCUT2D eigenvalue weighted by Gasteiger charge is 2.24. The van der Waals surface area contributed by atoms with Gasteiger partial charge in [-0.25, -0.2) is 12.8 Å². The molecule has 0 atom stereocenters. The Hall–Kier alpha value is -2.13. The summed E-state index contributed by atoms with van der Waals surface area (Å²) in [6, 6.07) is 5.09. The molecule has 0 unspecified atom stereocenters. The number of hydrogen-bond acceptors (Lipinski definition) is 5. The van der Waals surface area contributed by atoms with Crippen LogP contribution in [0.3, 0.4) is 0 Å². The third kappa shape index (κ3) is 2.69. The number of hydrogen-bond donors (Lipinski definition) is 2. The van der Waals surface area contributed by atoms with E-state index in [4.69, 9.17) is 4.74 Å². The monoisotopic (exact) mass is 328 g/mol. The number of fused-ring (bicyclic) bond motifs is 1. The highest BCUT2D eigenvalue weighted by atomic mass is 32.2. The molecule has 0 saturated heterocycles. The number of sulfonamides is 1. The Morgan fingerprint density at radius 3 is 2.90 bits per heavy atom. The van der Waals surface area contributed by atoms with Gasteiger partial charge in [0.1, 0.15) is 10.0 Å². The first-order chi connectivity index (χ1) is 9.95. The van der Waals surface area contributed by atoms with E-state index in [2.05, 4.69) is 10.0 Å². The molecule has 0 saturated carbocycles. The van der Waals surface area contributed by atoms with Crippen LogP contribution in [-0.4, -0.2) is 20.9 Å². The van der Waals surface area contributed by atoms with E-state index in [1.807, 2.05) is 0 Å². The topological polar surface area (TPSA) is 84.5 Å². The van der Waals surface area contributed by atoms with Gasteiger partial charge in [0.15, 0.2) is 12.4 Å². The number of nitrogens with one attached hydrogen (secondary N) is 2. The molecule has 1 aromatic heterocycles. The molecule has 110 valence electrons. The van der Waals surface area contributed by atoms with Crippen molar-refractivity contribution in [2.24, 2.45) is 0 Å². The van der Waals surface area contributed by atoms with Gasteiger partial charge in [0.2, 0.25) is 0 Å². The molecule has 3 rings (SSSR count). The van der Waals surface area contributed by atoms with Gasteiger partial charge >= 0.3 is 0 Å². The van der Waals surface area contributed by atoms with Gasteiger partial charge in [-0.1, -0.05) is 6.07 Å². The average Bonchev–Trinajstić information content (AvgIpc) is 2.91. The normalized spacial score (nSPS) is 14.0. The Morgan fingerprint density at radius 1 is 1.38 bits per heavy atom. The Morgan fingerprint density at radius 2 is 2.19 bits per heavy atom. The number of carbonyl (C=O) groups is 1. The van der Waals surface area contributed by atoms with Crippen LogP contribution in [-0.2, 0) is 14.8 Å². The van der Waals surface area contributed by atoms with E-state index in [0.717, 1.165) is 23.5 Å². The predicted octanol–water partition coefficient (Wildman–Crippen LogP) is 2.02. The minimum atomic E-state index is -3.82. The molecule has 9 heteroatoms. The van der Waals surface area contributed by atoms with Gasteiger partial charge in [0.05, 0.1) is 11.4 Å². The Bertz CT molecular complexity index is 803. The third-order valence-corrected chi connectivity index (χ3v) is 5.44. The first kappa shape index (κ1) is 13.8.